The van der Waals surface area contributed by atoms with Gasteiger partial charge >= 0.3 is 0 Å². The molecule has 0 atom stereocenters. The van der Waals surface area contributed by atoms with Crippen LogP contribution in [-0.4, -0.2) is 13.2 Å². The number of hydrogen-bond donors (Lipinski definition) is 0. The summed E-state index contributed by atoms with van der Waals surface area (Å²) >= 11 is 0. The van der Waals surface area contributed by atoms with Gasteiger partial charge in [-0.25, -0.2) is 0 Å². The summed E-state index contributed by atoms with van der Waals surface area (Å²) in [5.74, 6) is 1.75. The second-order valence-electron chi connectivity index (χ2n) is 5.33. The van der Waals surface area contributed by atoms with Crippen LogP contribution in [0.25, 0.3) is 22.3 Å². The van der Waals surface area contributed by atoms with E-state index in [1.807, 2.05) is 24.3 Å². The normalized spacial score (nSPS) is 12.9. The summed E-state index contributed by atoms with van der Waals surface area (Å²) in [7, 11) is 0. The third-order valence-electron chi connectivity index (χ3n) is 3.82. The smallest absolute Gasteiger partial charge is 0.122 e. The Kier molecular flexibility index (Phi) is 3.28. The van der Waals surface area contributed by atoms with E-state index in [1.165, 1.54) is 11.1 Å². The van der Waals surface area contributed by atoms with E-state index in [4.69, 9.17) is 9.47 Å². The summed E-state index contributed by atoms with van der Waals surface area (Å²) in [5.41, 5.74) is 4.70. The molecule has 1 aliphatic heterocycles. The standard InChI is InChI=1S/C20H16O2/c1-4-15-12-16(5-1)18-7-3-9-20(14-18)22-11-10-21-19-8-2-6-17(15)13-19/h1-9,12-14H,10-11H2. The molecule has 108 valence electrons. The summed E-state index contributed by atoms with van der Waals surface area (Å²) in [4.78, 5) is 0. The Hall–Kier alpha value is -2.74. The van der Waals surface area contributed by atoms with Crippen LogP contribution >= 0.6 is 0 Å². The predicted molar refractivity (Wildman–Crippen MR) is 88.3 cm³/mol. The van der Waals surface area contributed by atoms with Crippen LogP contribution in [0.2, 0.25) is 0 Å². The lowest BCUT2D eigenvalue weighted by molar-refractivity contribution is 0.217. The van der Waals surface area contributed by atoms with Crippen molar-refractivity contribution in [1.29, 1.82) is 0 Å². The minimum atomic E-state index is 0.533. The van der Waals surface area contributed by atoms with Gasteiger partial charge in [0.1, 0.15) is 24.7 Å². The summed E-state index contributed by atoms with van der Waals surface area (Å²) in [5, 5.41) is 0. The number of ether oxygens (including phenoxy) is 2. The number of benzene rings is 3. The van der Waals surface area contributed by atoms with Gasteiger partial charge in [0.15, 0.2) is 0 Å². The van der Waals surface area contributed by atoms with E-state index < -0.39 is 0 Å². The van der Waals surface area contributed by atoms with E-state index in [-0.39, 0.29) is 0 Å². The first kappa shape index (κ1) is 13.0. The van der Waals surface area contributed by atoms with Crippen molar-refractivity contribution < 1.29 is 9.47 Å². The maximum absolute atomic E-state index is 5.78. The SMILES string of the molecule is c1cc2cc(c1)-c1cccc(c1)-c1cccc(c1)OCCO2. The van der Waals surface area contributed by atoms with Gasteiger partial charge in [-0.05, 0) is 52.6 Å². The second kappa shape index (κ2) is 5.57. The first-order valence-corrected chi connectivity index (χ1v) is 7.45. The molecule has 3 aromatic carbocycles. The summed E-state index contributed by atoms with van der Waals surface area (Å²) < 4.78 is 11.6. The molecule has 6 bridgehead atoms. The highest BCUT2D eigenvalue weighted by molar-refractivity contribution is 5.74. The lowest BCUT2D eigenvalue weighted by Gasteiger charge is -2.09. The van der Waals surface area contributed by atoms with Crippen LogP contribution in [0.15, 0.2) is 72.8 Å². The molecule has 22 heavy (non-hydrogen) atoms. The van der Waals surface area contributed by atoms with Crippen LogP contribution in [0, 0.1) is 0 Å². The largest absolute Gasteiger partial charge is 0.490 e. The number of hydrogen-bond acceptors (Lipinski definition) is 2. The van der Waals surface area contributed by atoms with Crippen LogP contribution in [0.4, 0.5) is 0 Å². The lowest BCUT2D eigenvalue weighted by atomic mass is 9.99. The van der Waals surface area contributed by atoms with Gasteiger partial charge in [0, 0.05) is 0 Å². The van der Waals surface area contributed by atoms with Crippen LogP contribution in [0.5, 0.6) is 11.5 Å². The Morgan fingerprint density at radius 1 is 0.500 bits per heavy atom. The fourth-order valence-electron chi connectivity index (χ4n) is 2.73. The maximum Gasteiger partial charge on any atom is 0.122 e. The fraction of sp³-hybridized carbons (Fsp3) is 0.100. The van der Waals surface area contributed by atoms with Gasteiger partial charge in [0.2, 0.25) is 0 Å². The molecule has 1 heterocycles. The highest BCUT2D eigenvalue weighted by Gasteiger charge is 2.06. The van der Waals surface area contributed by atoms with Crippen LogP contribution < -0.4 is 9.47 Å². The number of rotatable bonds is 0. The van der Waals surface area contributed by atoms with Gasteiger partial charge in [0.05, 0.1) is 0 Å². The molecule has 1 aliphatic rings. The van der Waals surface area contributed by atoms with Crippen molar-refractivity contribution >= 4 is 0 Å². The van der Waals surface area contributed by atoms with Crippen LogP contribution in [-0.2, 0) is 0 Å². The molecule has 0 saturated heterocycles. The van der Waals surface area contributed by atoms with Crippen molar-refractivity contribution in [3.05, 3.63) is 72.8 Å². The van der Waals surface area contributed by atoms with E-state index in [0.717, 1.165) is 22.6 Å². The number of fused-ring (bicyclic) bond motifs is 8. The zero-order valence-corrected chi connectivity index (χ0v) is 12.2. The minimum absolute atomic E-state index is 0.533. The summed E-state index contributed by atoms with van der Waals surface area (Å²) in [6.07, 6.45) is 0. The van der Waals surface area contributed by atoms with Crippen molar-refractivity contribution in [2.75, 3.05) is 13.2 Å². The van der Waals surface area contributed by atoms with Crippen LogP contribution in [0.1, 0.15) is 0 Å². The second-order valence-corrected chi connectivity index (χ2v) is 5.33. The van der Waals surface area contributed by atoms with Crippen molar-refractivity contribution in [2.24, 2.45) is 0 Å². The van der Waals surface area contributed by atoms with E-state index in [1.54, 1.807) is 0 Å². The third kappa shape index (κ3) is 2.56. The molecule has 0 amide bonds. The van der Waals surface area contributed by atoms with E-state index in [9.17, 15) is 0 Å². The fourth-order valence-corrected chi connectivity index (χ4v) is 2.73. The predicted octanol–water partition coefficient (Wildman–Crippen LogP) is 4.79. The van der Waals surface area contributed by atoms with Gasteiger partial charge in [0.25, 0.3) is 0 Å². The lowest BCUT2D eigenvalue weighted by Crippen LogP contribution is -2.08. The third-order valence-corrected chi connectivity index (χ3v) is 3.82. The first-order chi connectivity index (χ1) is 10.9. The molecule has 0 fully saturated rings. The first-order valence-electron chi connectivity index (χ1n) is 7.45. The molecule has 2 heteroatoms. The van der Waals surface area contributed by atoms with Crippen molar-refractivity contribution in [3.63, 3.8) is 0 Å². The molecule has 3 aromatic rings. The highest BCUT2D eigenvalue weighted by atomic mass is 16.5. The zero-order chi connectivity index (χ0) is 14.8. The van der Waals surface area contributed by atoms with E-state index in [0.29, 0.717) is 13.2 Å². The molecule has 0 radical (unpaired) electrons. The van der Waals surface area contributed by atoms with Crippen LogP contribution in [0.3, 0.4) is 0 Å². The minimum Gasteiger partial charge on any atom is -0.490 e. The molecular formula is C20H16O2. The molecule has 0 aromatic heterocycles. The molecule has 0 saturated carbocycles. The van der Waals surface area contributed by atoms with E-state index in [2.05, 4.69) is 48.5 Å². The maximum atomic E-state index is 5.78. The molecule has 0 unspecified atom stereocenters. The topological polar surface area (TPSA) is 18.5 Å². The Labute approximate surface area is 129 Å². The average molecular weight is 288 g/mol. The monoisotopic (exact) mass is 288 g/mol. The summed E-state index contributed by atoms with van der Waals surface area (Å²) in [6, 6.07) is 24.9. The molecule has 0 N–H and O–H groups in total. The zero-order valence-electron chi connectivity index (χ0n) is 12.2. The molecule has 0 aliphatic carbocycles. The quantitative estimate of drug-likeness (QED) is 0.592. The Morgan fingerprint density at radius 3 is 1.41 bits per heavy atom. The molecular weight excluding hydrogens is 272 g/mol. The Morgan fingerprint density at radius 2 is 0.909 bits per heavy atom. The Bertz CT molecular complexity index is 743. The van der Waals surface area contributed by atoms with Crippen molar-refractivity contribution in [1.82, 2.24) is 0 Å². The van der Waals surface area contributed by atoms with Crippen molar-refractivity contribution in [2.45, 2.75) is 0 Å². The molecule has 4 rings (SSSR count). The van der Waals surface area contributed by atoms with Gasteiger partial charge in [-0.3, -0.25) is 0 Å². The van der Waals surface area contributed by atoms with Gasteiger partial charge < -0.3 is 9.47 Å². The summed E-state index contributed by atoms with van der Waals surface area (Å²) in [6.45, 7) is 1.07. The van der Waals surface area contributed by atoms with E-state index >= 15 is 0 Å². The molecule has 2 nitrogen and oxygen atoms in total. The van der Waals surface area contributed by atoms with Gasteiger partial charge in [-0.15, -0.1) is 0 Å². The highest BCUT2D eigenvalue weighted by Crippen LogP contribution is 2.30. The Balaban J connectivity index is 1.88. The van der Waals surface area contributed by atoms with Gasteiger partial charge in [-0.2, -0.15) is 0 Å². The van der Waals surface area contributed by atoms with Crippen molar-refractivity contribution in [3.8, 4) is 33.8 Å². The average Bonchev–Trinajstić information content (AvgIpc) is 2.59. The van der Waals surface area contributed by atoms with Gasteiger partial charge in [-0.1, -0.05) is 42.5 Å². The molecule has 0 spiro atoms.